The van der Waals surface area contributed by atoms with Gasteiger partial charge in [0.1, 0.15) is 17.2 Å². The van der Waals surface area contributed by atoms with Crippen LogP contribution >= 0.6 is 11.8 Å². The third-order valence-electron chi connectivity index (χ3n) is 2.32. The highest BCUT2D eigenvalue weighted by atomic mass is 32.2. The van der Waals surface area contributed by atoms with Crippen LogP contribution in [0.4, 0.5) is 5.82 Å². The highest BCUT2D eigenvalue weighted by molar-refractivity contribution is 7.98. The van der Waals surface area contributed by atoms with Crippen LogP contribution in [-0.4, -0.2) is 39.9 Å². The molecule has 1 rings (SSSR count). The van der Waals surface area contributed by atoms with Crippen LogP contribution in [0, 0.1) is 0 Å². The molecule has 0 bridgehead atoms. The van der Waals surface area contributed by atoms with E-state index in [0.717, 1.165) is 10.8 Å². The quantitative estimate of drug-likeness (QED) is 0.618. The topological polar surface area (TPSA) is 66.3 Å². The molecule has 1 aromatic rings. The molecule has 0 saturated heterocycles. The summed E-state index contributed by atoms with van der Waals surface area (Å²) in [4.78, 5) is 20.9. The Morgan fingerprint density at radius 1 is 1.53 bits per heavy atom. The number of hydrogen-bond donors (Lipinski definition) is 1. The van der Waals surface area contributed by atoms with E-state index in [2.05, 4.69) is 9.97 Å². The molecule has 0 amide bonds. The Kier molecular flexibility index (Phi) is 5.21. The average molecular weight is 255 g/mol. The Morgan fingerprint density at radius 3 is 2.76 bits per heavy atom. The second kappa shape index (κ2) is 6.44. The summed E-state index contributed by atoms with van der Waals surface area (Å²) in [6.45, 7) is 4.49. The number of carbonyl (C=O) groups is 1. The lowest BCUT2D eigenvalue weighted by atomic mass is 10.3. The van der Waals surface area contributed by atoms with Crippen LogP contribution in [0.1, 0.15) is 20.3 Å². The van der Waals surface area contributed by atoms with Crippen molar-refractivity contribution >= 4 is 23.5 Å². The van der Waals surface area contributed by atoms with E-state index >= 15 is 0 Å². The molecule has 0 fully saturated rings. The lowest BCUT2D eigenvalue weighted by molar-refractivity contribution is -0.136. The van der Waals surface area contributed by atoms with E-state index in [1.165, 1.54) is 6.33 Å². The van der Waals surface area contributed by atoms with Gasteiger partial charge in [0.2, 0.25) is 0 Å². The van der Waals surface area contributed by atoms with Crippen LogP contribution in [0.3, 0.4) is 0 Å². The lowest BCUT2D eigenvalue weighted by Crippen LogP contribution is -2.33. The molecule has 0 atom stereocenters. The first-order chi connectivity index (χ1) is 8.04. The van der Waals surface area contributed by atoms with Crippen LogP contribution in [0.2, 0.25) is 0 Å². The van der Waals surface area contributed by atoms with Crippen molar-refractivity contribution < 1.29 is 9.90 Å². The van der Waals surface area contributed by atoms with Crippen molar-refractivity contribution in [2.24, 2.45) is 0 Å². The first-order valence-corrected chi connectivity index (χ1v) is 6.61. The number of aliphatic carboxylic acids is 1. The van der Waals surface area contributed by atoms with Gasteiger partial charge in [-0.25, -0.2) is 9.97 Å². The van der Waals surface area contributed by atoms with Gasteiger partial charge in [-0.05, 0) is 20.1 Å². The largest absolute Gasteiger partial charge is 0.481 e. The van der Waals surface area contributed by atoms with E-state index in [9.17, 15) is 4.79 Å². The molecule has 17 heavy (non-hydrogen) atoms. The number of carboxylic acid groups (broad SMARTS) is 1. The van der Waals surface area contributed by atoms with Gasteiger partial charge in [0.25, 0.3) is 0 Å². The number of aromatic nitrogens is 2. The van der Waals surface area contributed by atoms with Gasteiger partial charge in [0.05, 0.1) is 6.42 Å². The smallest absolute Gasteiger partial charge is 0.305 e. The number of thioether (sulfide) groups is 1. The molecule has 1 aromatic heterocycles. The second-order valence-electron chi connectivity index (χ2n) is 3.85. The summed E-state index contributed by atoms with van der Waals surface area (Å²) < 4.78 is 0. The molecular formula is C11H17N3O2S. The average Bonchev–Trinajstić information content (AvgIpc) is 2.28. The molecule has 94 valence electrons. The molecular weight excluding hydrogens is 238 g/mol. The van der Waals surface area contributed by atoms with Gasteiger partial charge < -0.3 is 10.0 Å². The van der Waals surface area contributed by atoms with Crippen LogP contribution in [-0.2, 0) is 4.79 Å². The fraction of sp³-hybridized carbons (Fsp3) is 0.545. The van der Waals surface area contributed by atoms with Gasteiger partial charge in [-0.3, -0.25) is 4.79 Å². The van der Waals surface area contributed by atoms with Crippen LogP contribution in [0.25, 0.3) is 0 Å². The minimum Gasteiger partial charge on any atom is -0.481 e. The molecule has 0 aliphatic heterocycles. The van der Waals surface area contributed by atoms with Crippen molar-refractivity contribution in [3.63, 3.8) is 0 Å². The molecule has 1 N–H and O–H groups in total. The highest BCUT2D eigenvalue weighted by Crippen LogP contribution is 2.19. The van der Waals surface area contributed by atoms with Gasteiger partial charge >= 0.3 is 5.97 Å². The Bertz CT molecular complexity index is 385. The number of hydrogen-bond acceptors (Lipinski definition) is 5. The Balaban J connectivity index is 2.84. The second-order valence-corrected chi connectivity index (χ2v) is 4.68. The molecule has 1 heterocycles. The predicted molar refractivity (Wildman–Crippen MR) is 68.5 cm³/mol. The fourth-order valence-corrected chi connectivity index (χ4v) is 1.83. The standard InChI is InChI=1S/C11H17N3O2S/c1-8(2)14(5-4-11(15)16)9-6-10(17-3)13-7-12-9/h6-8H,4-5H2,1-3H3,(H,15,16). The van der Waals surface area contributed by atoms with Gasteiger partial charge in [0, 0.05) is 18.7 Å². The van der Waals surface area contributed by atoms with Crippen molar-refractivity contribution in [1.82, 2.24) is 9.97 Å². The van der Waals surface area contributed by atoms with E-state index in [4.69, 9.17) is 5.11 Å². The summed E-state index contributed by atoms with van der Waals surface area (Å²) in [5.41, 5.74) is 0. The molecule has 0 unspecified atom stereocenters. The molecule has 0 aliphatic rings. The van der Waals surface area contributed by atoms with E-state index in [-0.39, 0.29) is 12.5 Å². The van der Waals surface area contributed by atoms with E-state index in [0.29, 0.717) is 6.54 Å². The summed E-state index contributed by atoms with van der Waals surface area (Å²) in [6, 6.07) is 2.09. The Labute approximate surface area is 105 Å². The van der Waals surface area contributed by atoms with Crippen molar-refractivity contribution in [3.8, 4) is 0 Å². The van der Waals surface area contributed by atoms with Gasteiger partial charge in [-0.1, -0.05) is 0 Å². The molecule has 5 nitrogen and oxygen atoms in total. The van der Waals surface area contributed by atoms with Gasteiger partial charge in [-0.2, -0.15) is 0 Å². The minimum absolute atomic E-state index is 0.108. The first kappa shape index (κ1) is 13.8. The van der Waals surface area contributed by atoms with Crippen molar-refractivity contribution in [1.29, 1.82) is 0 Å². The first-order valence-electron chi connectivity index (χ1n) is 5.39. The summed E-state index contributed by atoms with van der Waals surface area (Å²) >= 11 is 1.54. The third-order valence-corrected chi connectivity index (χ3v) is 2.96. The summed E-state index contributed by atoms with van der Waals surface area (Å²) in [5, 5.41) is 9.61. The maximum absolute atomic E-state index is 10.6. The molecule has 0 aromatic carbocycles. The lowest BCUT2D eigenvalue weighted by Gasteiger charge is -2.27. The zero-order valence-corrected chi connectivity index (χ0v) is 11.1. The fourth-order valence-electron chi connectivity index (χ4n) is 1.45. The number of nitrogens with zero attached hydrogens (tertiary/aromatic N) is 3. The monoisotopic (exact) mass is 255 g/mol. The van der Waals surface area contributed by atoms with E-state index in [1.54, 1.807) is 11.8 Å². The zero-order chi connectivity index (χ0) is 12.8. The Morgan fingerprint density at radius 2 is 2.24 bits per heavy atom. The van der Waals surface area contributed by atoms with Crippen LogP contribution in [0.5, 0.6) is 0 Å². The van der Waals surface area contributed by atoms with E-state index in [1.807, 2.05) is 31.1 Å². The van der Waals surface area contributed by atoms with E-state index < -0.39 is 5.97 Å². The number of carboxylic acids is 1. The van der Waals surface area contributed by atoms with Gasteiger partial charge in [0.15, 0.2) is 0 Å². The maximum atomic E-state index is 10.6. The minimum atomic E-state index is -0.796. The van der Waals surface area contributed by atoms with Crippen LogP contribution < -0.4 is 4.90 Å². The molecule has 0 saturated carbocycles. The van der Waals surface area contributed by atoms with Crippen molar-refractivity contribution in [3.05, 3.63) is 12.4 Å². The molecule has 6 heteroatoms. The van der Waals surface area contributed by atoms with Crippen molar-refractivity contribution in [2.45, 2.75) is 31.3 Å². The van der Waals surface area contributed by atoms with Gasteiger partial charge in [-0.15, -0.1) is 11.8 Å². The zero-order valence-electron chi connectivity index (χ0n) is 10.3. The highest BCUT2D eigenvalue weighted by Gasteiger charge is 2.14. The maximum Gasteiger partial charge on any atom is 0.305 e. The summed E-state index contributed by atoms with van der Waals surface area (Å²) in [5.74, 6) is -0.0182. The molecule has 0 radical (unpaired) electrons. The SMILES string of the molecule is CSc1cc(N(CCC(=O)O)C(C)C)ncn1. The summed E-state index contributed by atoms with van der Waals surface area (Å²) in [6.07, 6.45) is 3.57. The normalized spacial score (nSPS) is 10.6. The molecule has 0 aliphatic carbocycles. The predicted octanol–water partition coefficient (Wildman–Crippen LogP) is 1.89. The molecule has 0 spiro atoms. The van der Waals surface area contributed by atoms with Crippen LogP contribution in [0.15, 0.2) is 17.4 Å². The number of rotatable bonds is 6. The van der Waals surface area contributed by atoms with Crippen molar-refractivity contribution in [2.75, 3.05) is 17.7 Å². The summed E-state index contributed by atoms with van der Waals surface area (Å²) in [7, 11) is 0. The Hall–Kier alpha value is -1.30. The third kappa shape index (κ3) is 4.22. The number of anilines is 1.